The maximum absolute atomic E-state index is 11.6. The van der Waals surface area contributed by atoms with Crippen LogP contribution in [0.4, 0.5) is 0 Å². The first-order valence-corrected chi connectivity index (χ1v) is 6.57. The van der Waals surface area contributed by atoms with Crippen molar-refractivity contribution in [2.45, 2.75) is 43.9 Å². The molecule has 2 fully saturated rings. The van der Waals surface area contributed by atoms with Gasteiger partial charge in [-0.05, 0) is 38.5 Å². The number of rotatable bonds is 5. The van der Waals surface area contributed by atoms with E-state index in [9.17, 15) is 13.2 Å². The first-order chi connectivity index (χ1) is 6.50. The summed E-state index contributed by atoms with van der Waals surface area (Å²) < 4.78 is 25.7. The predicted octanol–water partition coefficient (Wildman–Crippen LogP) is 0.436. The molecule has 1 unspecified atom stereocenters. The summed E-state index contributed by atoms with van der Waals surface area (Å²) in [5, 5.41) is -0.233. The Labute approximate surface area is 84.1 Å². The van der Waals surface area contributed by atoms with Crippen molar-refractivity contribution in [2.75, 3.05) is 0 Å². The Hall–Kier alpha value is -0.420. The van der Waals surface area contributed by atoms with E-state index in [2.05, 4.69) is 4.72 Å². The van der Waals surface area contributed by atoms with Gasteiger partial charge in [0.25, 0.3) is 0 Å². The summed E-state index contributed by atoms with van der Waals surface area (Å²) in [4.78, 5) is 11.2. The molecule has 0 amide bonds. The third kappa shape index (κ3) is 2.15. The van der Waals surface area contributed by atoms with Gasteiger partial charge in [-0.3, -0.25) is 4.79 Å². The number of hydrogen-bond acceptors (Lipinski definition) is 3. The van der Waals surface area contributed by atoms with Crippen LogP contribution in [-0.4, -0.2) is 25.5 Å². The Morgan fingerprint density at radius 2 is 1.86 bits per heavy atom. The molecule has 4 nitrogen and oxygen atoms in total. The Morgan fingerprint density at radius 3 is 2.21 bits per heavy atom. The molecule has 0 radical (unpaired) electrons. The highest BCUT2D eigenvalue weighted by Gasteiger charge is 2.42. The molecule has 0 saturated heterocycles. The summed E-state index contributed by atoms with van der Waals surface area (Å²) in [5.74, 6) is 0.192. The topological polar surface area (TPSA) is 63.2 Å². The first-order valence-electron chi connectivity index (χ1n) is 5.02. The lowest BCUT2D eigenvalue weighted by Gasteiger charge is -2.14. The number of carbonyl (C=O) groups excluding carboxylic acids is 1. The minimum Gasteiger partial charge on any atom is -0.298 e. The quantitative estimate of drug-likeness (QED) is 0.726. The van der Waals surface area contributed by atoms with Gasteiger partial charge in [0, 0.05) is 0 Å². The summed E-state index contributed by atoms with van der Waals surface area (Å²) in [5.41, 5.74) is 0. The maximum Gasteiger partial charge on any atom is 0.215 e. The second-order valence-electron chi connectivity index (χ2n) is 4.29. The van der Waals surface area contributed by atoms with Crippen LogP contribution in [0.1, 0.15) is 32.6 Å². The first kappa shape index (κ1) is 10.1. The molecule has 0 spiro atoms. The lowest BCUT2D eigenvalue weighted by molar-refractivity contribution is -0.119. The minimum atomic E-state index is -3.21. The fourth-order valence-electron chi connectivity index (χ4n) is 1.59. The molecule has 0 heterocycles. The molecule has 1 atom stereocenters. The van der Waals surface area contributed by atoms with Gasteiger partial charge in [0.1, 0.15) is 5.78 Å². The summed E-state index contributed by atoms with van der Waals surface area (Å²) in [6.45, 7) is 1.46. The molecular formula is C9H15NO3S. The lowest BCUT2D eigenvalue weighted by atomic mass is 10.1. The predicted molar refractivity (Wildman–Crippen MR) is 52.3 cm³/mol. The molecule has 0 aromatic heterocycles. The zero-order valence-corrected chi connectivity index (χ0v) is 9.01. The molecule has 2 aliphatic rings. The Morgan fingerprint density at radius 1 is 1.29 bits per heavy atom. The highest BCUT2D eigenvalue weighted by atomic mass is 32.2. The average Bonchev–Trinajstić information content (AvgIpc) is 2.88. The van der Waals surface area contributed by atoms with Crippen LogP contribution in [0.25, 0.3) is 0 Å². The maximum atomic E-state index is 11.6. The zero-order valence-electron chi connectivity index (χ0n) is 8.19. The summed E-state index contributed by atoms with van der Waals surface area (Å²) >= 11 is 0. The van der Waals surface area contributed by atoms with Gasteiger partial charge in [0.2, 0.25) is 10.0 Å². The number of nitrogens with one attached hydrogen (secondary N) is 1. The fraction of sp³-hybridized carbons (Fsp3) is 0.889. The Bertz CT molecular complexity index is 341. The lowest BCUT2D eigenvalue weighted by Crippen LogP contribution is -2.42. The van der Waals surface area contributed by atoms with E-state index < -0.39 is 16.1 Å². The van der Waals surface area contributed by atoms with Crippen LogP contribution in [0.5, 0.6) is 0 Å². The third-order valence-electron chi connectivity index (χ3n) is 2.79. The molecule has 2 aliphatic carbocycles. The van der Waals surface area contributed by atoms with Crippen LogP contribution in [0.3, 0.4) is 0 Å². The van der Waals surface area contributed by atoms with E-state index in [0.29, 0.717) is 0 Å². The number of ketones is 1. The average molecular weight is 217 g/mol. The van der Waals surface area contributed by atoms with Gasteiger partial charge >= 0.3 is 0 Å². The van der Waals surface area contributed by atoms with E-state index in [4.69, 9.17) is 0 Å². The van der Waals surface area contributed by atoms with Crippen molar-refractivity contribution in [2.24, 2.45) is 5.92 Å². The number of Topliss-reactive ketones (excluding diaryl/α,β-unsaturated/α-hetero) is 1. The Kier molecular flexibility index (Phi) is 2.39. The molecule has 2 saturated carbocycles. The summed E-state index contributed by atoms with van der Waals surface area (Å²) in [6, 6.07) is -0.458. The molecular weight excluding hydrogens is 202 g/mol. The molecule has 5 heteroatoms. The SMILES string of the molecule is CC(=O)C(NS(=O)(=O)C1CC1)C1CC1. The van der Waals surface area contributed by atoms with E-state index in [0.717, 1.165) is 25.7 Å². The van der Waals surface area contributed by atoms with E-state index in [1.807, 2.05) is 0 Å². The van der Waals surface area contributed by atoms with Crippen LogP contribution >= 0.6 is 0 Å². The van der Waals surface area contributed by atoms with Crippen molar-refractivity contribution >= 4 is 15.8 Å². The van der Waals surface area contributed by atoms with Gasteiger partial charge in [-0.15, -0.1) is 0 Å². The zero-order chi connectivity index (χ0) is 10.3. The molecule has 1 N–H and O–H groups in total. The Balaban J connectivity index is 2.02. The third-order valence-corrected chi connectivity index (χ3v) is 4.72. The van der Waals surface area contributed by atoms with Crippen molar-refractivity contribution in [3.8, 4) is 0 Å². The van der Waals surface area contributed by atoms with Crippen molar-refractivity contribution in [1.82, 2.24) is 4.72 Å². The second-order valence-corrected chi connectivity index (χ2v) is 6.28. The summed E-state index contributed by atoms with van der Waals surface area (Å²) in [6.07, 6.45) is 3.42. The molecule has 14 heavy (non-hydrogen) atoms. The summed E-state index contributed by atoms with van der Waals surface area (Å²) in [7, 11) is -3.21. The molecule has 0 bridgehead atoms. The molecule has 0 aromatic carbocycles. The van der Waals surface area contributed by atoms with Crippen molar-refractivity contribution in [3.05, 3.63) is 0 Å². The van der Waals surface area contributed by atoms with E-state index in [1.54, 1.807) is 0 Å². The molecule has 0 aliphatic heterocycles. The monoisotopic (exact) mass is 217 g/mol. The molecule has 80 valence electrons. The van der Waals surface area contributed by atoms with Gasteiger partial charge in [-0.2, -0.15) is 0 Å². The molecule has 2 rings (SSSR count). The highest BCUT2D eigenvalue weighted by Crippen LogP contribution is 2.35. The van der Waals surface area contributed by atoms with Crippen LogP contribution < -0.4 is 4.72 Å². The van der Waals surface area contributed by atoms with Gasteiger partial charge in [-0.25, -0.2) is 13.1 Å². The van der Waals surface area contributed by atoms with Gasteiger partial charge in [0.15, 0.2) is 0 Å². The van der Waals surface area contributed by atoms with Gasteiger partial charge in [-0.1, -0.05) is 0 Å². The smallest absolute Gasteiger partial charge is 0.215 e. The van der Waals surface area contributed by atoms with Crippen molar-refractivity contribution < 1.29 is 13.2 Å². The standard InChI is InChI=1S/C9H15NO3S/c1-6(11)9(7-2-3-7)10-14(12,13)8-4-5-8/h7-10H,2-5H2,1H3. The normalized spacial score (nSPS) is 24.6. The van der Waals surface area contributed by atoms with E-state index >= 15 is 0 Å². The van der Waals surface area contributed by atoms with Crippen molar-refractivity contribution in [1.29, 1.82) is 0 Å². The number of carbonyl (C=O) groups is 1. The van der Waals surface area contributed by atoms with Crippen LogP contribution in [0.15, 0.2) is 0 Å². The van der Waals surface area contributed by atoms with Crippen LogP contribution in [-0.2, 0) is 14.8 Å². The van der Waals surface area contributed by atoms with E-state index in [-0.39, 0.29) is 17.0 Å². The van der Waals surface area contributed by atoms with Gasteiger partial charge in [0.05, 0.1) is 11.3 Å². The van der Waals surface area contributed by atoms with Crippen LogP contribution in [0, 0.1) is 5.92 Å². The second kappa shape index (κ2) is 3.31. The highest BCUT2D eigenvalue weighted by molar-refractivity contribution is 7.90. The largest absolute Gasteiger partial charge is 0.298 e. The number of hydrogen-bond donors (Lipinski definition) is 1. The van der Waals surface area contributed by atoms with Crippen molar-refractivity contribution in [3.63, 3.8) is 0 Å². The molecule has 0 aromatic rings. The van der Waals surface area contributed by atoms with Gasteiger partial charge < -0.3 is 0 Å². The minimum absolute atomic E-state index is 0.0586. The fourth-order valence-corrected chi connectivity index (χ4v) is 3.25. The van der Waals surface area contributed by atoms with Crippen LogP contribution in [0.2, 0.25) is 0 Å². The number of sulfonamides is 1. The van der Waals surface area contributed by atoms with E-state index in [1.165, 1.54) is 6.92 Å².